The van der Waals surface area contributed by atoms with E-state index < -0.39 is 17.5 Å². The van der Waals surface area contributed by atoms with E-state index in [0.29, 0.717) is 5.02 Å². The van der Waals surface area contributed by atoms with Crippen molar-refractivity contribution in [3.05, 3.63) is 59.1 Å². The third-order valence-electron chi connectivity index (χ3n) is 2.44. The first kappa shape index (κ1) is 14.3. The number of nitrogens with one attached hydrogen (secondary N) is 2. The fourth-order valence-corrected chi connectivity index (χ4v) is 1.71. The third-order valence-corrected chi connectivity index (χ3v) is 2.70. The maximum absolute atomic E-state index is 12.9. The first-order valence-corrected chi connectivity index (χ1v) is 6.16. The van der Waals surface area contributed by atoms with Crippen LogP contribution in [0.4, 0.5) is 20.2 Å². The van der Waals surface area contributed by atoms with Crippen LogP contribution in [0.5, 0.6) is 0 Å². The molecule has 0 aliphatic rings. The van der Waals surface area contributed by atoms with Crippen molar-refractivity contribution >= 4 is 28.9 Å². The van der Waals surface area contributed by atoms with Gasteiger partial charge in [-0.2, -0.15) is 0 Å². The number of carbonyl (C=O) groups is 1. The minimum Gasteiger partial charge on any atom is -0.376 e. The van der Waals surface area contributed by atoms with Gasteiger partial charge < -0.3 is 10.6 Å². The molecule has 0 aliphatic carbocycles. The van der Waals surface area contributed by atoms with Gasteiger partial charge in [-0.25, -0.2) is 8.78 Å². The fourth-order valence-electron chi connectivity index (χ4n) is 1.58. The molecule has 0 spiro atoms. The topological polar surface area (TPSA) is 41.1 Å². The SMILES string of the molecule is O=C(CNc1ccc(Cl)cc1)Nc1cc(F)cc(F)c1. The monoisotopic (exact) mass is 296 g/mol. The quantitative estimate of drug-likeness (QED) is 0.904. The summed E-state index contributed by atoms with van der Waals surface area (Å²) in [4.78, 5) is 11.6. The van der Waals surface area contributed by atoms with E-state index in [1.165, 1.54) is 0 Å². The Bertz CT molecular complexity index is 597. The van der Waals surface area contributed by atoms with Gasteiger partial charge in [0.15, 0.2) is 0 Å². The molecule has 0 saturated heterocycles. The van der Waals surface area contributed by atoms with Gasteiger partial charge >= 0.3 is 0 Å². The lowest BCUT2D eigenvalue weighted by molar-refractivity contribution is -0.114. The van der Waals surface area contributed by atoms with Crippen LogP contribution in [0.1, 0.15) is 0 Å². The van der Waals surface area contributed by atoms with E-state index in [0.717, 1.165) is 23.9 Å². The molecule has 2 aromatic carbocycles. The molecule has 0 fully saturated rings. The number of carbonyl (C=O) groups excluding carboxylic acids is 1. The normalized spacial score (nSPS) is 10.2. The summed E-state index contributed by atoms with van der Waals surface area (Å²) in [6.07, 6.45) is 0. The number of benzene rings is 2. The van der Waals surface area contributed by atoms with E-state index in [-0.39, 0.29) is 12.2 Å². The van der Waals surface area contributed by atoms with Gasteiger partial charge in [0.2, 0.25) is 5.91 Å². The minimum atomic E-state index is -0.744. The molecule has 2 rings (SSSR count). The summed E-state index contributed by atoms with van der Waals surface area (Å²) in [5.74, 6) is -1.90. The predicted octanol–water partition coefficient (Wildman–Crippen LogP) is 3.67. The molecule has 0 heterocycles. The van der Waals surface area contributed by atoms with Crippen molar-refractivity contribution in [2.24, 2.45) is 0 Å². The Hall–Kier alpha value is -2.14. The zero-order valence-electron chi connectivity index (χ0n) is 10.3. The van der Waals surface area contributed by atoms with Gasteiger partial charge in [0.1, 0.15) is 11.6 Å². The summed E-state index contributed by atoms with van der Waals surface area (Å²) in [6.45, 7) is -0.0280. The maximum atomic E-state index is 12.9. The Kier molecular flexibility index (Phi) is 4.53. The summed E-state index contributed by atoms with van der Waals surface area (Å²) in [7, 11) is 0. The Balaban J connectivity index is 1.90. The van der Waals surface area contributed by atoms with Gasteiger partial charge in [-0.15, -0.1) is 0 Å². The van der Waals surface area contributed by atoms with E-state index in [1.54, 1.807) is 24.3 Å². The number of hydrogen-bond acceptors (Lipinski definition) is 2. The molecule has 0 aliphatic heterocycles. The van der Waals surface area contributed by atoms with Crippen molar-refractivity contribution in [2.45, 2.75) is 0 Å². The largest absolute Gasteiger partial charge is 0.376 e. The maximum Gasteiger partial charge on any atom is 0.243 e. The molecule has 1 amide bonds. The summed E-state index contributed by atoms with van der Waals surface area (Å²) in [5, 5.41) is 5.85. The van der Waals surface area contributed by atoms with E-state index in [2.05, 4.69) is 10.6 Å². The molecule has 3 nitrogen and oxygen atoms in total. The lowest BCUT2D eigenvalue weighted by atomic mass is 10.3. The Morgan fingerprint density at radius 3 is 2.20 bits per heavy atom. The van der Waals surface area contributed by atoms with Crippen LogP contribution in [0.2, 0.25) is 5.02 Å². The number of amides is 1. The molecule has 0 unspecified atom stereocenters. The molecule has 104 valence electrons. The Morgan fingerprint density at radius 1 is 1.00 bits per heavy atom. The van der Waals surface area contributed by atoms with Crippen LogP contribution < -0.4 is 10.6 Å². The highest BCUT2D eigenvalue weighted by molar-refractivity contribution is 6.30. The number of halogens is 3. The number of hydrogen-bond donors (Lipinski definition) is 2. The van der Waals surface area contributed by atoms with Crippen molar-refractivity contribution < 1.29 is 13.6 Å². The van der Waals surface area contributed by atoms with Crippen molar-refractivity contribution in [1.82, 2.24) is 0 Å². The molecule has 20 heavy (non-hydrogen) atoms. The van der Waals surface area contributed by atoms with Gasteiger partial charge in [0.25, 0.3) is 0 Å². The van der Waals surface area contributed by atoms with E-state index in [9.17, 15) is 13.6 Å². The second kappa shape index (κ2) is 6.34. The first-order valence-electron chi connectivity index (χ1n) is 5.78. The molecule has 6 heteroatoms. The molecular formula is C14H11ClF2N2O. The second-order valence-electron chi connectivity index (χ2n) is 4.07. The number of rotatable bonds is 4. The summed E-state index contributed by atoms with van der Waals surface area (Å²) >= 11 is 5.73. The van der Waals surface area contributed by atoms with E-state index in [4.69, 9.17) is 11.6 Å². The van der Waals surface area contributed by atoms with Crippen molar-refractivity contribution in [2.75, 3.05) is 17.2 Å². The smallest absolute Gasteiger partial charge is 0.243 e. The van der Waals surface area contributed by atoms with Crippen LogP contribution in [0.3, 0.4) is 0 Å². The standard InChI is InChI=1S/C14H11ClF2N2O/c15-9-1-3-12(4-2-9)18-8-14(20)19-13-6-10(16)5-11(17)7-13/h1-7,18H,8H2,(H,19,20). The van der Waals surface area contributed by atoms with Gasteiger partial charge in [-0.05, 0) is 36.4 Å². The molecule has 2 aromatic rings. The summed E-state index contributed by atoms with van der Waals surface area (Å²) in [5.41, 5.74) is 0.792. The third kappa shape index (κ3) is 4.20. The van der Waals surface area contributed by atoms with Crippen LogP contribution in [0, 0.1) is 11.6 Å². The molecule has 2 N–H and O–H groups in total. The summed E-state index contributed by atoms with van der Waals surface area (Å²) in [6, 6.07) is 9.64. The summed E-state index contributed by atoms with van der Waals surface area (Å²) < 4.78 is 25.9. The molecule has 0 radical (unpaired) electrons. The molecule has 0 atom stereocenters. The van der Waals surface area contributed by atoms with Crippen LogP contribution >= 0.6 is 11.6 Å². The zero-order valence-corrected chi connectivity index (χ0v) is 11.0. The fraction of sp³-hybridized carbons (Fsp3) is 0.0714. The molecule has 0 bridgehead atoms. The van der Waals surface area contributed by atoms with Crippen LogP contribution in [0.25, 0.3) is 0 Å². The van der Waals surface area contributed by atoms with Crippen molar-refractivity contribution in [1.29, 1.82) is 0 Å². The van der Waals surface area contributed by atoms with Crippen molar-refractivity contribution in [3.8, 4) is 0 Å². The first-order chi connectivity index (χ1) is 9.52. The van der Waals surface area contributed by atoms with Crippen molar-refractivity contribution in [3.63, 3.8) is 0 Å². The Labute approximate surface area is 119 Å². The highest BCUT2D eigenvalue weighted by Gasteiger charge is 2.05. The molecule has 0 saturated carbocycles. The van der Waals surface area contributed by atoms with Gasteiger partial charge in [-0.3, -0.25) is 4.79 Å². The lowest BCUT2D eigenvalue weighted by Crippen LogP contribution is -2.21. The number of anilines is 2. The second-order valence-corrected chi connectivity index (χ2v) is 4.50. The van der Waals surface area contributed by atoms with Crippen LogP contribution in [-0.2, 0) is 4.79 Å². The van der Waals surface area contributed by atoms with Crippen LogP contribution in [-0.4, -0.2) is 12.5 Å². The van der Waals surface area contributed by atoms with Gasteiger partial charge in [0, 0.05) is 22.5 Å². The Morgan fingerprint density at radius 2 is 1.60 bits per heavy atom. The highest BCUT2D eigenvalue weighted by Crippen LogP contribution is 2.14. The minimum absolute atomic E-state index is 0.0280. The zero-order chi connectivity index (χ0) is 14.5. The highest BCUT2D eigenvalue weighted by atomic mass is 35.5. The average molecular weight is 297 g/mol. The van der Waals surface area contributed by atoms with Crippen LogP contribution in [0.15, 0.2) is 42.5 Å². The average Bonchev–Trinajstić information content (AvgIpc) is 2.37. The lowest BCUT2D eigenvalue weighted by Gasteiger charge is -2.08. The predicted molar refractivity (Wildman–Crippen MR) is 74.9 cm³/mol. The molecular weight excluding hydrogens is 286 g/mol. The van der Waals surface area contributed by atoms with Gasteiger partial charge in [-0.1, -0.05) is 11.6 Å². The molecule has 0 aromatic heterocycles. The van der Waals surface area contributed by atoms with E-state index >= 15 is 0 Å². The van der Waals surface area contributed by atoms with E-state index in [1.807, 2.05) is 0 Å². The van der Waals surface area contributed by atoms with Gasteiger partial charge in [0.05, 0.1) is 6.54 Å².